The first kappa shape index (κ1) is 20.4. The van der Waals surface area contributed by atoms with E-state index in [9.17, 15) is 9.59 Å². The third-order valence-electron chi connectivity index (χ3n) is 4.18. The number of fused-ring (bicyclic) bond motifs is 1. The Morgan fingerprint density at radius 3 is 2.69 bits per heavy atom. The Hall–Kier alpha value is -3.35. The minimum absolute atomic E-state index is 0.0764. The minimum Gasteiger partial charge on any atom is -0.459 e. The van der Waals surface area contributed by atoms with E-state index in [1.165, 1.54) is 0 Å². The summed E-state index contributed by atoms with van der Waals surface area (Å²) in [5, 5.41) is 3.64. The summed E-state index contributed by atoms with van der Waals surface area (Å²) in [5.74, 6) is -0.537. The molecule has 7 heteroatoms. The van der Waals surface area contributed by atoms with Crippen LogP contribution in [0.25, 0.3) is 10.9 Å². The molecular formula is C22H25N3O4. The highest BCUT2D eigenvalue weighted by Crippen LogP contribution is 2.20. The number of hydrogen-bond donors (Lipinski definition) is 2. The largest absolute Gasteiger partial charge is 0.459 e. The molecule has 3 rings (SSSR count). The Morgan fingerprint density at radius 2 is 1.97 bits per heavy atom. The number of pyridine rings is 1. The second-order valence-electron chi connectivity index (χ2n) is 7.73. The van der Waals surface area contributed by atoms with Gasteiger partial charge in [0.05, 0.1) is 0 Å². The number of aromatic amines is 1. The van der Waals surface area contributed by atoms with Gasteiger partial charge in [0.1, 0.15) is 18.2 Å². The van der Waals surface area contributed by atoms with E-state index in [1.807, 2.05) is 36.5 Å². The van der Waals surface area contributed by atoms with Crippen molar-refractivity contribution in [1.29, 1.82) is 0 Å². The highest BCUT2D eigenvalue weighted by Gasteiger charge is 2.27. The first-order valence-electron chi connectivity index (χ1n) is 9.42. The number of esters is 1. The van der Waals surface area contributed by atoms with Crippen molar-refractivity contribution in [3.63, 3.8) is 0 Å². The number of alkyl carbamates (subject to hydrolysis) is 1. The van der Waals surface area contributed by atoms with Crippen LogP contribution < -0.4 is 5.32 Å². The molecule has 2 heterocycles. The highest BCUT2D eigenvalue weighted by atomic mass is 16.6. The molecule has 0 saturated heterocycles. The second-order valence-corrected chi connectivity index (χ2v) is 7.73. The van der Waals surface area contributed by atoms with Crippen LogP contribution in [0.4, 0.5) is 4.79 Å². The molecule has 7 nitrogen and oxygen atoms in total. The molecule has 2 N–H and O–H groups in total. The predicted molar refractivity (Wildman–Crippen MR) is 109 cm³/mol. The minimum atomic E-state index is -0.888. The fourth-order valence-electron chi connectivity index (χ4n) is 2.90. The van der Waals surface area contributed by atoms with Gasteiger partial charge in [0.25, 0.3) is 0 Å². The molecule has 0 fully saturated rings. The molecule has 0 aliphatic heterocycles. The number of carbonyl (C=O) groups is 2. The van der Waals surface area contributed by atoms with Crippen molar-refractivity contribution in [2.75, 3.05) is 0 Å². The first-order chi connectivity index (χ1) is 13.8. The van der Waals surface area contributed by atoms with E-state index in [1.54, 1.807) is 39.2 Å². The van der Waals surface area contributed by atoms with Gasteiger partial charge in [-0.3, -0.25) is 4.98 Å². The molecule has 29 heavy (non-hydrogen) atoms. The van der Waals surface area contributed by atoms with Gasteiger partial charge in [-0.2, -0.15) is 0 Å². The van der Waals surface area contributed by atoms with Gasteiger partial charge in [0, 0.05) is 41.5 Å². The standard InChI is InChI=1S/C22H25N3O4/c1-22(2,3)29-21(27)25-19(20(26)28-14-15-7-6-10-23-12-15)11-16-13-24-18-9-5-4-8-17(16)18/h4-10,12-13,19,24H,11,14H2,1-3H3,(H,25,27)/t19-/m0/s1. The first-order valence-corrected chi connectivity index (χ1v) is 9.42. The number of aromatic nitrogens is 2. The van der Waals surface area contributed by atoms with Crippen LogP contribution >= 0.6 is 0 Å². The summed E-state index contributed by atoms with van der Waals surface area (Å²) >= 11 is 0. The third-order valence-corrected chi connectivity index (χ3v) is 4.18. The molecule has 152 valence electrons. The van der Waals surface area contributed by atoms with E-state index >= 15 is 0 Å². The van der Waals surface area contributed by atoms with Gasteiger partial charge < -0.3 is 19.8 Å². The summed E-state index contributed by atoms with van der Waals surface area (Å²) in [6.45, 7) is 5.37. The summed E-state index contributed by atoms with van der Waals surface area (Å²) in [5.41, 5.74) is 1.96. The van der Waals surface area contributed by atoms with Crippen LogP contribution in [0.1, 0.15) is 31.9 Å². The van der Waals surface area contributed by atoms with Crippen LogP contribution in [0, 0.1) is 0 Å². The molecule has 3 aromatic rings. The van der Waals surface area contributed by atoms with Crippen LogP contribution in [-0.2, 0) is 27.3 Å². The number of ether oxygens (including phenoxy) is 2. The number of carbonyl (C=O) groups excluding carboxylic acids is 2. The quantitative estimate of drug-likeness (QED) is 0.620. The second kappa shape index (κ2) is 8.77. The van der Waals surface area contributed by atoms with Crippen LogP contribution in [0.5, 0.6) is 0 Å². The average Bonchev–Trinajstić information content (AvgIpc) is 3.08. The number of para-hydroxylation sites is 1. The predicted octanol–water partition coefficient (Wildman–Crippen LogP) is 3.74. The molecule has 0 spiro atoms. The van der Waals surface area contributed by atoms with Crippen LogP contribution in [-0.4, -0.2) is 33.7 Å². The molecule has 1 amide bonds. The van der Waals surface area contributed by atoms with E-state index in [-0.39, 0.29) is 13.0 Å². The SMILES string of the molecule is CC(C)(C)OC(=O)N[C@@H](Cc1c[nH]c2ccccc12)C(=O)OCc1cccnc1. The van der Waals surface area contributed by atoms with Crippen molar-refractivity contribution < 1.29 is 19.1 Å². The smallest absolute Gasteiger partial charge is 0.408 e. The zero-order valence-corrected chi connectivity index (χ0v) is 16.8. The van der Waals surface area contributed by atoms with Gasteiger partial charge in [-0.25, -0.2) is 9.59 Å². The van der Waals surface area contributed by atoms with E-state index < -0.39 is 23.7 Å². The van der Waals surface area contributed by atoms with Crippen molar-refractivity contribution in [2.24, 2.45) is 0 Å². The lowest BCUT2D eigenvalue weighted by Crippen LogP contribution is -2.45. The number of amides is 1. The third kappa shape index (κ3) is 5.81. The topological polar surface area (TPSA) is 93.3 Å². The number of benzene rings is 1. The molecule has 2 aromatic heterocycles. The molecule has 0 aliphatic carbocycles. The van der Waals surface area contributed by atoms with E-state index in [0.29, 0.717) is 0 Å². The van der Waals surface area contributed by atoms with E-state index in [2.05, 4.69) is 15.3 Å². The monoisotopic (exact) mass is 395 g/mol. The Balaban J connectivity index is 1.75. The maximum absolute atomic E-state index is 12.8. The Bertz CT molecular complexity index is 976. The van der Waals surface area contributed by atoms with Gasteiger partial charge in [0.2, 0.25) is 0 Å². The lowest BCUT2D eigenvalue weighted by molar-refractivity contribution is -0.147. The van der Waals surface area contributed by atoms with Crippen molar-refractivity contribution in [2.45, 2.75) is 45.4 Å². The van der Waals surface area contributed by atoms with Gasteiger partial charge in [-0.15, -0.1) is 0 Å². The van der Waals surface area contributed by atoms with Gasteiger partial charge in [-0.05, 0) is 38.5 Å². The van der Waals surface area contributed by atoms with Crippen molar-refractivity contribution in [3.05, 3.63) is 66.1 Å². The summed E-state index contributed by atoms with van der Waals surface area (Å²) in [6, 6.07) is 10.5. The molecule has 0 unspecified atom stereocenters. The summed E-state index contributed by atoms with van der Waals surface area (Å²) in [6.07, 6.45) is 4.72. The van der Waals surface area contributed by atoms with E-state index in [4.69, 9.17) is 9.47 Å². The summed E-state index contributed by atoms with van der Waals surface area (Å²) < 4.78 is 10.7. The lowest BCUT2D eigenvalue weighted by Gasteiger charge is -2.23. The molecule has 0 aliphatic rings. The van der Waals surface area contributed by atoms with Crippen molar-refractivity contribution >= 4 is 23.0 Å². The zero-order chi connectivity index (χ0) is 20.9. The maximum atomic E-state index is 12.8. The van der Waals surface area contributed by atoms with E-state index in [0.717, 1.165) is 22.0 Å². The molecule has 1 atom stereocenters. The van der Waals surface area contributed by atoms with Gasteiger partial charge >= 0.3 is 12.1 Å². The van der Waals surface area contributed by atoms with Gasteiger partial charge in [0.15, 0.2) is 0 Å². The maximum Gasteiger partial charge on any atom is 0.408 e. The summed E-state index contributed by atoms with van der Waals surface area (Å²) in [4.78, 5) is 32.2. The number of H-pyrrole nitrogens is 1. The summed E-state index contributed by atoms with van der Waals surface area (Å²) in [7, 11) is 0. The number of rotatable bonds is 6. The molecule has 1 aromatic carbocycles. The Morgan fingerprint density at radius 1 is 1.17 bits per heavy atom. The Labute approximate surface area is 169 Å². The Kier molecular flexibility index (Phi) is 6.16. The molecular weight excluding hydrogens is 370 g/mol. The zero-order valence-electron chi connectivity index (χ0n) is 16.8. The average molecular weight is 395 g/mol. The number of nitrogens with zero attached hydrogens (tertiary/aromatic N) is 1. The number of hydrogen-bond acceptors (Lipinski definition) is 5. The lowest BCUT2D eigenvalue weighted by atomic mass is 10.1. The van der Waals surface area contributed by atoms with Gasteiger partial charge in [-0.1, -0.05) is 24.3 Å². The van der Waals surface area contributed by atoms with Crippen LogP contribution in [0.2, 0.25) is 0 Å². The normalized spacial score (nSPS) is 12.4. The molecule has 0 bridgehead atoms. The fraction of sp³-hybridized carbons (Fsp3) is 0.318. The van der Waals surface area contributed by atoms with Crippen molar-refractivity contribution in [3.8, 4) is 0 Å². The van der Waals surface area contributed by atoms with Crippen molar-refractivity contribution in [1.82, 2.24) is 15.3 Å². The van der Waals surface area contributed by atoms with Crippen LogP contribution in [0.15, 0.2) is 55.0 Å². The molecule has 0 saturated carbocycles. The number of nitrogens with one attached hydrogen (secondary N) is 2. The van der Waals surface area contributed by atoms with Crippen LogP contribution in [0.3, 0.4) is 0 Å². The molecule has 0 radical (unpaired) electrons. The fourth-order valence-corrected chi connectivity index (χ4v) is 2.90. The highest BCUT2D eigenvalue weighted by molar-refractivity contribution is 5.86.